The lowest BCUT2D eigenvalue weighted by Gasteiger charge is -2.26. The molecule has 2 fully saturated rings. The SMILES string of the molecule is O=C(c1ccn(-c2ccccc2)n1)N1CCCC(N2CCCC2)CC1. The van der Waals surface area contributed by atoms with E-state index in [1.165, 1.54) is 32.4 Å². The first kappa shape index (κ1) is 16.3. The summed E-state index contributed by atoms with van der Waals surface area (Å²) in [5.41, 5.74) is 1.52. The van der Waals surface area contributed by atoms with E-state index in [4.69, 9.17) is 0 Å². The summed E-state index contributed by atoms with van der Waals surface area (Å²) >= 11 is 0. The predicted octanol–water partition coefficient (Wildman–Crippen LogP) is 2.96. The van der Waals surface area contributed by atoms with Crippen molar-refractivity contribution < 1.29 is 4.79 Å². The third-order valence-electron chi connectivity index (χ3n) is 5.47. The first-order valence-corrected chi connectivity index (χ1v) is 9.46. The maximum absolute atomic E-state index is 12.9. The van der Waals surface area contributed by atoms with Crippen LogP contribution in [0.15, 0.2) is 42.6 Å². The van der Waals surface area contributed by atoms with Crippen LogP contribution in [0.25, 0.3) is 5.69 Å². The fourth-order valence-corrected chi connectivity index (χ4v) is 4.08. The van der Waals surface area contributed by atoms with Crippen LogP contribution >= 0.6 is 0 Å². The maximum atomic E-state index is 12.9. The Bertz CT molecular complexity index is 705. The topological polar surface area (TPSA) is 41.4 Å². The molecule has 5 nitrogen and oxygen atoms in total. The van der Waals surface area contributed by atoms with Crippen LogP contribution < -0.4 is 0 Å². The van der Waals surface area contributed by atoms with Crippen LogP contribution in [0.4, 0.5) is 0 Å². The molecular weight excluding hydrogens is 312 g/mol. The summed E-state index contributed by atoms with van der Waals surface area (Å²) < 4.78 is 1.78. The van der Waals surface area contributed by atoms with Gasteiger partial charge in [-0.3, -0.25) is 4.79 Å². The molecule has 1 amide bonds. The first-order valence-electron chi connectivity index (χ1n) is 9.46. The van der Waals surface area contributed by atoms with Crippen LogP contribution in [0.2, 0.25) is 0 Å². The highest BCUT2D eigenvalue weighted by Crippen LogP contribution is 2.22. The molecule has 3 heterocycles. The molecule has 0 N–H and O–H groups in total. The molecule has 0 aliphatic carbocycles. The number of nitrogens with zero attached hydrogens (tertiary/aromatic N) is 4. The van der Waals surface area contributed by atoms with Crippen molar-refractivity contribution in [3.05, 3.63) is 48.3 Å². The number of rotatable bonds is 3. The van der Waals surface area contributed by atoms with Gasteiger partial charge in [0.15, 0.2) is 5.69 Å². The number of likely N-dealkylation sites (tertiary alicyclic amines) is 2. The lowest BCUT2D eigenvalue weighted by atomic mass is 10.1. The molecular formula is C20H26N4O. The number of benzene rings is 1. The van der Waals surface area contributed by atoms with Gasteiger partial charge in [-0.2, -0.15) is 5.10 Å². The molecule has 1 unspecified atom stereocenters. The second-order valence-corrected chi connectivity index (χ2v) is 7.10. The minimum absolute atomic E-state index is 0.0664. The zero-order chi connectivity index (χ0) is 17.1. The molecule has 5 heteroatoms. The molecule has 2 aliphatic rings. The second kappa shape index (κ2) is 7.40. The van der Waals surface area contributed by atoms with E-state index < -0.39 is 0 Å². The van der Waals surface area contributed by atoms with E-state index in [9.17, 15) is 4.79 Å². The van der Waals surface area contributed by atoms with Gasteiger partial charge in [0, 0.05) is 25.3 Å². The molecule has 2 aliphatic heterocycles. The molecule has 4 rings (SSSR count). The monoisotopic (exact) mass is 338 g/mol. The Morgan fingerprint density at radius 3 is 2.52 bits per heavy atom. The summed E-state index contributed by atoms with van der Waals surface area (Å²) in [5, 5.41) is 4.50. The van der Waals surface area contributed by atoms with Gasteiger partial charge < -0.3 is 9.80 Å². The highest BCUT2D eigenvalue weighted by Gasteiger charge is 2.27. The summed E-state index contributed by atoms with van der Waals surface area (Å²) in [6.45, 7) is 4.17. The molecule has 25 heavy (non-hydrogen) atoms. The average molecular weight is 338 g/mol. The van der Waals surface area contributed by atoms with E-state index in [2.05, 4.69) is 10.00 Å². The van der Waals surface area contributed by atoms with Gasteiger partial charge in [0.1, 0.15) is 0 Å². The van der Waals surface area contributed by atoms with Crippen LogP contribution in [0.1, 0.15) is 42.6 Å². The van der Waals surface area contributed by atoms with E-state index in [0.29, 0.717) is 11.7 Å². The minimum atomic E-state index is 0.0664. The minimum Gasteiger partial charge on any atom is -0.337 e. The van der Waals surface area contributed by atoms with Gasteiger partial charge in [-0.1, -0.05) is 18.2 Å². The summed E-state index contributed by atoms with van der Waals surface area (Å²) in [4.78, 5) is 17.5. The molecule has 1 aromatic carbocycles. The molecule has 0 saturated carbocycles. The molecule has 0 radical (unpaired) electrons. The third kappa shape index (κ3) is 3.61. The number of carbonyl (C=O) groups excluding carboxylic acids is 1. The van der Waals surface area contributed by atoms with Gasteiger partial charge in [0.05, 0.1) is 5.69 Å². The number of hydrogen-bond acceptors (Lipinski definition) is 3. The van der Waals surface area contributed by atoms with Crippen LogP contribution in [0.3, 0.4) is 0 Å². The second-order valence-electron chi connectivity index (χ2n) is 7.10. The smallest absolute Gasteiger partial charge is 0.274 e. The van der Waals surface area contributed by atoms with E-state index >= 15 is 0 Å². The number of hydrogen-bond donors (Lipinski definition) is 0. The summed E-state index contributed by atoms with van der Waals surface area (Å²) in [6, 6.07) is 12.4. The Morgan fingerprint density at radius 1 is 0.920 bits per heavy atom. The van der Waals surface area contributed by atoms with Crippen LogP contribution in [0, 0.1) is 0 Å². The highest BCUT2D eigenvalue weighted by atomic mass is 16.2. The van der Waals surface area contributed by atoms with Crippen molar-refractivity contribution in [3.8, 4) is 5.69 Å². The summed E-state index contributed by atoms with van der Waals surface area (Å²) in [7, 11) is 0. The van der Waals surface area contributed by atoms with Crippen molar-refractivity contribution in [3.63, 3.8) is 0 Å². The number of para-hydroxylation sites is 1. The number of amides is 1. The van der Waals surface area contributed by atoms with Gasteiger partial charge in [0.25, 0.3) is 5.91 Å². The Kier molecular flexibility index (Phi) is 4.83. The van der Waals surface area contributed by atoms with Crippen LogP contribution in [-0.2, 0) is 0 Å². The largest absolute Gasteiger partial charge is 0.337 e. The van der Waals surface area contributed by atoms with E-state index in [0.717, 1.165) is 31.6 Å². The average Bonchev–Trinajstić information content (AvgIpc) is 3.30. The molecule has 2 saturated heterocycles. The lowest BCUT2D eigenvalue weighted by molar-refractivity contribution is 0.0751. The Morgan fingerprint density at radius 2 is 1.72 bits per heavy atom. The highest BCUT2D eigenvalue weighted by molar-refractivity contribution is 5.92. The van der Waals surface area contributed by atoms with E-state index in [-0.39, 0.29) is 5.91 Å². The summed E-state index contributed by atoms with van der Waals surface area (Å²) in [6.07, 6.45) is 7.92. The van der Waals surface area contributed by atoms with Crippen molar-refractivity contribution in [2.24, 2.45) is 0 Å². The molecule has 1 aromatic heterocycles. The normalized spacial score (nSPS) is 22.1. The van der Waals surface area contributed by atoms with Crippen molar-refractivity contribution >= 4 is 5.91 Å². The van der Waals surface area contributed by atoms with Crippen molar-refractivity contribution in [2.75, 3.05) is 26.2 Å². The van der Waals surface area contributed by atoms with E-state index in [1.54, 1.807) is 4.68 Å². The Labute approximate surface area is 149 Å². The fourth-order valence-electron chi connectivity index (χ4n) is 4.08. The predicted molar refractivity (Wildman–Crippen MR) is 97.9 cm³/mol. The molecule has 0 spiro atoms. The van der Waals surface area contributed by atoms with Crippen LogP contribution in [-0.4, -0.2) is 57.7 Å². The zero-order valence-electron chi connectivity index (χ0n) is 14.7. The van der Waals surface area contributed by atoms with Gasteiger partial charge in [0.2, 0.25) is 0 Å². The third-order valence-corrected chi connectivity index (χ3v) is 5.47. The number of carbonyl (C=O) groups is 1. The lowest BCUT2D eigenvalue weighted by Crippen LogP contribution is -2.35. The quantitative estimate of drug-likeness (QED) is 0.864. The van der Waals surface area contributed by atoms with Gasteiger partial charge in [-0.15, -0.1) is 0 Å². The van der Waals surface area contributed by atoms with Crippen LogP contribution in [0.5, 0.6) is 0 Å². The summed E-state index contributed by atoms with van der Waals surface area (Å²) in [5.74, 6) is 0.0664. The van der Waals surface area contributed by atoms with E-state index in [1.807, 2.05) is 47.5 Å². The molecule has 0 bridgehead atoms. The van der Waals surface area contributed by atoms with Crippen molar-refractivity contribution in [2.45, 2.75) is 38.1 Å². The maximum Gasteiger partial charge on any atom is 0.274 e. The van der Waals surface area contributed by atoms with Crippen molar-refractivity contribution in [1.29, 1.82) is 0 Å². The number of aromatic nitrogens is 2. The Balaban J connectivity index is 1.42. The standard InChI is InChI=1S/C20H26N4O/c25-20(19-11-16-24(21-19)18-7-2-1-3-8-18)23-14-6-9-17(10-15-23)22-12-4-5-13-22/h1-3,7-8,11,16-17H,4-6,9-10,12-15H2. The Hall–Kier alpha value is -2.14. The zero-order valence-corrected chi connectivity index (χ0v) is 14.7. The molecule has 132 valence electrons. The van der Waals surface area contributed by atoms with Gasteiger partial charge in [-0.05, 0) is 63.4 Å². The van der Waals surface area contributed by atoms with Crippen molar-refractivity contribution in [1.82, 2.24) is 19.6 Å². The van der Waals surface area contributed by atoms with Gasteiger partial charge in [-0.25, -0.2) is 4.68 Å². The molecule has 2 aromatic rings. The molecule has 1 atom stereocenters. The van der Waals surface area contributed by atoms with Gasteiger partial charge >= 0.3 is 0 Å². The fraction of sp³-hybridized carbons (Fsp3) is 0.500. The first-order chi connectivity index (χ1) is 12.3.